The van der Waals surface area contributed by atoms with Crippen LogP contribution in [0.1, 0.15) is 0 Å². The van der Waals surface area contributed by atoms with Crippen LogP contribution < -0.4 is 10.6 Å². The monoisotopic (exact) mass is 384 g/mol. The van der Waals surface area contributed by atoms with Crippen LogP contribution in [0.25, 0.3) is 11.3 Å². The Bertz CT molecular complexity index is 930. The Morgan fingerprint density at radius 3 is 2.56 bits per heavy atom. The number of halogens is 1. The molecular weight excluding hydrogens is 367 g/mol. The number of carbonyl (C=O) groups excluding carboxylic acids is 2. The minimum absolute atomic E-state index is 0.0314. The molecule has 0 aliphatic rings. The van der Waals surface area contributed by atoms with Crippen LogP contribution in [0.2, 0.25) is 0 Å². The van der Waals surface area contributed by atoms with E-state index in [1.54, 1.807) is 12.3 Å². The average Bonchev–Trinajstić information content (AvgIpc) is 3.16. The maximum atomic E-state index is 13.5. The minimum atomic E-state index is -0.908. The number of amides is 2. The van der Waals surface area contributed by atoms with Crippen LogP contribution in [0.15, 0.2) is 66.0 Å². The molecule has 138 valence electrons. The van der Waals surface area contributed by atoms with Crippen LogP contribution in [0.3, 0.4) is 0 Å². The molecule has 3 aromatic rings. The van der Waals surface area contributed by atoms with Crippen molar-refractivity contribution in [2.24, 2.45) is 0 Å². The van der Waals surface area contributed by atoms with Crippen molar-refractivity contribution >= 4 is 29.3 Å². The highest BCUT2D eigenvalue weighted by molar-refractivity contribution is 7.99. The number of hydrogen-bond donors (Lipinski definition) is 3. The number of anilines is 1. The number of thioether (sulfide) groups is 1. The summed E-state index contributed by atoms with van der Waals surface area (Å²) in [5.41, 5.74) is 1.91. The predicted octanol–water partition coefficient (Wildman–Crippen LogP) is 3.06. The number of carbonyl (C=O) groups is 2. The molecule has 8 heteroatoms. The van der Waals surface area contributed by atoms with Gasteiger partial charge in [-0.15, -0.1) is 0 Å². The lowest BCUT2D eigenvalue weighted by molar-refractivity contribution is -0.136. The average molecular weight is 384 g/mol. The molecule has 0 aliphatic heterocycles. The van der Waals surface area contributed by atoms with E-state index >= 15 is 0 Å². The van der Waals surface area contributed by atoms with Crippen molar-refractivity contribution in [1.29, 1.82) is 0 Å². The lowest BCUT2D eigenvalue weighted by Gasteiger charge is -2.06. The summed E-state index contributed by atoms with van der Waals surface area (Å²) in [5, 5.41) is 5.45. The predicted molar refractivity (Wildman–Crippen MR) is 103 cm³/mol. The first kappa shape index (κ1) is 18.7. The maximum absolute atomic E-state index is 13.5. The van der Waals surface area contributed by atoms with Crippen molar-refractivity contribution in [3.63, 3.8) is 0 Å². The molecular formula is C19H17FN4O2S. The van der Waals surface area contributed by atoms with E-state index < -0.39 is 17.6 Å². The lowest BCUT2D eigenvalue weighted by atomic mass is 10.2. The van der Waals surface area contributed by atoms with Crippen LogP contribution in [0.4, 0.5) is 10.1 Å². The summed E-state index contributed by atoms with van der Waals surface area (Å²) < 4.78 is 13.5. The van der Waals surface area contributed by atoms with E-state index in [2.05, 4.69) is 20.6 Å². The molecule has 0 spiro atoms. The summed E-state index contributed by atoms with van der Waals surface area (Å²) in [5.74, 6) is -1.79. The van der Waals surface area contributed by atoms with Crippen molar-refractivity contribution < 1.29 is 14.0 Å². The Hall–Kier alpha value is -3.13. The second kappa shape index (κ2) is 9.00. The largest absolute Gasteiger partial charge is 0.347 e. The zero-order chi connectivity index (χ0) is 19.1. The smallest absolute Gasteiger partial charge is 0.313 e. The third kappa shape index (κ3) is 5.18. The first-order valence-corrected chi connectivity index (χ1v) is 9.19. The van der Waals surface area contributed by atoms with Gasteiger partial charge in [-0.2, -0.15) is 0 Å². The molecule has 1 aromatic heterocycles. The molecule has 0 unspecified atom stereocenters. The van der Waals surface area contributed by atoms with Crippen molar-refractivity contribution in [2.45, 2.75) is 5.16 Å². The van der Waals surface area contributed by atoms with Gasteiger partial charge < -0.3 is 15.6 Å². The Morgan fingerprint density at radius 1 is 1.04 bits per heavy atom. The fraction of sp³-hybridized carbons (Fsp3) is 0.105. The van der Waals surface area contributed by atoms with Crippen molar-refractivity contribution in [3.8, 4) is 11.3 Å². The number of nitrogens with zero attached hydrogens (tertiary/aromatic N) is 1. The summed E-state index contributed by atoms with van der Waals surface area (Å²) in [6.45, 7) is 0.273. The zero-order valence-corrected chi connectivity index (χ0v) is 15.1. The number of rotatable bonds is 6. The van der Waals surface area contributed by atoms with Gasteiger partial charge in [0.05, 0.1) is 17.6 Å². The summed E-state index contributed by atoms with van der Waals surface area (Å²) in [4.78, 5) is 31.0. The molecule has 0 saturated heterocycles. The van der Waals surface area contributed by atoms with Crippen LogP contribution in [-0.2, 0) is 9.59 Å². The van der Waals surface area contributed by atoms with Gasteiger partial charge in [0.15, 0.2) is 5.16 Å². The van der Waals surface area contributed by atoms with Gasteiger partial charge in [-0.3, -0.25) is 9.59 Å². The molecule has 0 saturated carbocycles. The number of H-pyrrole nitrogens is 1. The molecule has 6 nitrogen and oxygen atoms in total. The van der Waals surface area contributed by atoms with E-state index in [0.717, 1.165) is 16.4 Å². The third-order valence-corrected chi connectivity index (χ3v) is 4.48. The van der Waals surface area contributed by atoms with Gasteiger partial charge in [0, 0.05) is 12.3 Å². The summed E-state index contributed by atoms with van der Waals surface area (Å²) in [7, 11) is 0. The topological polar surface area (TPSA) is 86.9 Å². The van der Waals surface area contributed by atoms with Gasteiger partial charge in [0.1, 0.15) is 5.82 Å². The van der Waals surface area contributed by atoms with Crippen LogP contribution in [0.5, 0.6) is 0 Å². The normalized spacial score (nSPS) is 10.4. The number of nitrogens with one attached hydrogen (secondary N) is 3. The molecule has 3 N–H and O–H groups in total. The van der Waals surface area contributed by atoms with Gasteiger partial charge in [0.2, 0.25) is 0 Å². The number of aromatic nitrogens is 2. The molecule has 0 radical (unpaired) electrons. The molecule has 3 rings (SSSR count). The van der Waals surface area contributed by atoms with Crippen LogP contribution >= 0.6 is 11.8 Å². The molecule has 0 fully saturated rings. The number of hydrogen-bond acceptors (Lipinski definition) is 4. The molecule has 0 atom stereocenters. The van der Waals surface area contributed by atoms with Gasteiger partial charge >= 0.3 is 11.8 Å². The van der Waals surface area contributed by atoms with Gasteiger partial charge in [-0.25, -0.2) is 9.37 Å². The highest BCUT2D eigenvalue weighted by atomic mass is 32.2. The second-order valence-electron chi connectivity index (χ2n) is 5.51. The van der Waals surface area contributed by atoms with E-state index in [4.69, 9.17) is 0 Å². The van der Waals surface area contributed by atoms with E-state index in [-0.39, 0.29) is 12.2 Å². The third-order valence-electron chi connectivity index (χ3n) is 3.59. The fourth-order valence-electron chi connectivity index (χ4n) is 2.27. The van der Waals surface area contributed by atoms with E-state index in [1.807, 2.05) is 30.3 Å². The summed E-state index contributed by atoms with van der Waals surface area (Å²) >= 11 is 1.42. The quantitative estimate of drug-likeness (QED) is 0.346. The SMILES string of the molecule is O=C(NCCSc1ncc(-c2ccccc2)[nH]1)C(=O)Nc1ccccc1F. The zero-order valence-electron chi connectivity index (χ0n) is 14.2. The Labute approximate surface area is 159 Å². The molecule has 2 amide bonds. The number of para-hydroxylation sites is 1. The molecule has 27 heavy (non-hydrogen) atoms. The number of benzene rings is 2. The van der Waals surface area contributed by atoms with E-state index in [9.17, 15) is 14.0 Å². The van der Waals surface area contributed by atoms with Crippen LogP contribution in [0, 0.1) is 5.82 Å². The van der Waals surface area contributed by atoms with Gasteiger partial charge in [-0.05, 0) is 17.7 Å². The lowest BCUT2D eigenvalue weighted by Crippen LogP contribution is -2.36. The maximum Gasteiger partial charge on any atom is 0.313 e. The van der Waals surface area contributed by atoms with E-state index in [1.165, 1.54) is 30.0 Å². The highest BCUT2D eigenvalue weighted by Gasteiger charge is 2.14. The molecule has 0 bridgehead atoms. The van der Waals surface area contributed by atoms with Gasteiger partial charge in [0.25, 0.3) is 0 Å². The summed E-state index contributed by atoms with van der Waals surface area (Å²) in [6.07, 6.45) is 1.75. The standard InChI is InChI=1S/C19H17FN4O2S/c20-14-8-4-5-9-15(14)23-18(26)17(25)21-10-11-27-19-22-12-16(24-19)13-6-2-1-3-7-13/h1-9,12H,10-11H2,(H,21,25)(H,22,24)(H,23,26). The Balaban J connectivity index is 1.42. The highest BCUT2D eigenvalue weighted by Crippen LogP contribution is 2.20. The van der Waals surface area contributed by atoms with Crippen molar-refractivity contribution in [1.82, 2.24) is 15.3 Å². The Kier molecular flexibility index (Phi) is 6.22. The molecule has 0 aliphatic carbocycles. The number of aromatic amines is 1. The van der Waals surface area contributed by atoms with Crippen molar-refractivity contribution in [3.05, 3.63) is 66.6 Å². The number of imidazole rings is 1. The minimum Gasteiger partial charge on any atom is -0.347 e. The fourth-order valence-corrected chi connectivity index (χ4v) is 2.98. The first-order valence-electron chi connectivity index (χ1n) is 8.20. The van der Waals surface area contributed by atoms with Crippen molar-refractivity contribution in [2.75, 3.05) is 17.6 Å². The first-order chi connectivity index (χ1) is 13.1. The summed E-state index contributed by atoms with van der Waals surface area (Å²) in [6, 6.07) is 15.5. The molecule has 2 aromatic carbocycles. The van der Waals surface area contributed by atoms with E-state index in [0.29, 0.717) is 5.75 Å². The molecule has 1 heterocycles. The Morgan fingerprint density at radius 2 is 1.78 bits per heavy atom. The second-order valence-corrected chi connectivity index (χ2v) is 6.59. The van der Waals surface area contributed by atoms with Crippen LogP contribution in [-0.4, -0.2) is 34.1 Å². The van der Waals surface area contributed by atoms with Gasteiger partial charge in [-0.1, -0.05) is 54.2 Å².